The van der Waals surface area contributed by atoms with Gasteiger partial charge in [0.1, 0.15) is 5.69 Å². The van der Waals surface area contributed by atoms with E-state index in [0.29, 0.717) is 24.7 Å². The summed E-state index contributed by atoms with van der Waals surface area (Å²) in [6, 6.07) is 4.78. The Morgan fingerprint density at radius 2 is 2.23 bits per heavy atom. The van der Waals surface area contributed by atoms with Crippen LogP contribution in [0.1, 0.15) is 36.5 Å². The van der Waals surface area contributed by atoms with Gasteiger partial charge < -0.3 is 15.7 Å². The van der Waals surface area contributed by atoms with Crippen LogP contribution in [0.3, 0.4) is 0 Å². The van der Waals surface area contributed by atoms with E-state index in [2.05, 4.69) is 10.6 Å². The Bertz CT molecular complexity index is 558. The highest BCUT2D eigenvalue weighted by Gasteiger charge is 2.25. The first-order valence-electron chi connectivity index (χ1n) is 7.45. The van der Waals surface area contributed by atoms with E-state index in [1.807, 2.05) is 6.92 Å². The van der Waals surface area contributed by atoms with Gasteiger partial charge in [0, 0.05) is 30.8 Å². The smallest absolute Gasteiger partial charge is 0.293 e. The molecule has 3 N–H and O–H groups in total. The van der Waals surface area contributed by atoms with Crippen molar-refractivity contribution >= 4 is 17.3 Å². The van der Waals surface area contributed by atoms with Crippen molar-refractivity contribution in [2.24, 2.45) is 5.92 Å². The van der Waals surface area contributed by atoms with E-state index in [1.165, 1.54) is 6.07 Å². The zero-order valence-corrected chi connectivity index (χ0v) is 12.5. The summed E-state index contributed by atoms with van der Waals surface area (Å²) in [5.41, 5.74) is 0.643. The van der Waals surface area contributed by atoms with Crippen molar-refractivity contribution in [1.82, 2.24) is 5.32 Å². The zero-order chi connectivity index (χ0) is 16.1. The highest BCUT2D eigenvalue weighted by molar-refractivity contribution is 5.95. The number of nitro groups is 1. The van der Waals surface area contributed by atoms with Gasteiger partial charge in [-0.2, -0.15) is 0 Å². The third kappa shape index (κ3) is 4.42. The predicted octanol–water partition coefficient (Wildman–Crippen LogP) is 1.92. The van der Waals surface area contributed by atoms with Gasteiger partial charge in [0.05, 0.1) is 4.92 Å². The minimum Gasteiger partial charge on any atom is -0.396 e. The van der Waals surface area contributed by atoms with E-state index >= 15 is 0 Å². The van der Waals surface area contributed by atoms with Crippen molar-refractivity contribution in [2.75, 3.05) is 18.5 Å². The second kappa shape index (κ2) is 7.22. The van der Waals surface area contributed by atoms with E-state index in [4.69, 9.17) is 5.11 Å². The number of anilines is 1. The molecule has 1 saturated carbocycles. The molecule has 0 aliphatic heterocycles. The first kappa shape index (κ1) is 16.2. The number of hydrogen-bond donors (Lipinski definition) is 3. The van der Waals surface area contributed by atoms with Crippen molar-refractivity contribution in [3.63, 3.8) is 0 Å². The van der Waals surface area contributed by atoms with Crippen LogP contribution in [0.5, 0.6) is 0 Å². The van der Waals surface area contributed by atoms with Crippen LogP contribution in [-0.4, -0.2) is 35.1 Å². The predicted molar refractivity (Wildman–Crippen MR) is 82.9 cm³/mol. The molecule has 1 amide bonds. The number of carbonyl (C=O) groups is 1. The molecule has 1 aromatic carbocycles. The average molecular weight is 307 g/mol. The number of aliphatic hydroxyl groups excluding tert-OH is 1. The SMILES string of the molecule is CC(CCO)CNC(=O)c1ccc(NC2CC2)c([N+](=O)[O-])c1. The molecule has 1 aliphatic rings. The van der Waals surface area contributed by atoms with E-state index in [0.717, 1.165) is 12.8 Å². The van der Waals surface area contributed by atoms with Crippen LogP contribution in [-0.2, 0) is 0 Å². The Morgan fingerprint density at radius 1 is 1.50 bits per heavy atom. The lowest BCUT2D eigenvalue weighted by atomic mass is 10.1. The van der Waals surface area contributed by atoms with Crippen LogP contribution in [0.4, 0.5) is 11.4 Å². The molecule has 0 saturated heterocycles. The summed E-state index contributed by atoms with van der Waals surface area (Å²) in [6.07, 6.45) is 2.63. The summed E-state index contributed by atoms with van der Waals surface area (Å²) in [6.45, 7) is 2.42. The van der Waals surface area contributed by atoms with Gasteiger partial charge in [-0.3, -0.25) is 14.9 Å². The zero-order valence-electron chi connectivity index (χ0n) is 12.5. The third-order valence-electron chi connectivity index (χ3n) is 3.63. The van der Waals surface area contributed by atoms with Crippen LogP contribution in [0, 0.1) is 16.0 Å². The molecule has 120 valence electrons. The molecule has 1 aliphatic carbocycles. The number of aliphatic hydroxyl groups is 1. The quantitative estimate of drug-likeness (QED) is 0.503. The molecule has 0 aromatic heterocycles. The molecular weight excluding hydrogens is 286 g/mol. The second-order valence-electron chi connectivity index (χ2n) is 5.74. The van der Waals surface area contributed by atoms with Gasteiger partial charge in [0.2, 0.25) is 0 Å². The largest absolute Gasteiger partial charge is 0.396 e. The molecule has 7 nitrogen and oxygen atoms in total. The van der Waals surface area contributed by atoms with Crippen LogP contribution >= 0.6 is 0 Å². The number of amides is 1. The van der Waals surface area contributed by atoms with Gasteiger partial charge in [0.25, 0.3) is 11.6 Å². The Balaban J connectivity index is 2.05. The average Bonchev–Trinajstić information content (AvgIpc) is 3.29. The topological polar surface area (TPSA) is 104 Å². The summed E-state index contributed by atoms with van der Waals surface area (Å²) in [5, 5.41) is 25.8. The third-order valence-corrected chi connectivity index (χ3v) is 3.63. The van der Waals surface area contributed by atoms with E-state index in [9.17, 15) is 14.9 Å². The molecule has 0 spiro atoms. The molecule has 0 bridgehead atoms. The number of carbonyl (C=O) groups excluding carboxylic acids is 1. The van der Waals surface area contributed by atoms with Gasteiger partial charge in [-0.05, 0) is 37.3 Å². The lowest BCUT2D eigenvalue weighted by Gasteiger charge is -2.12. The normalized spacial score (nSPS) is 15.2. The van der Waals surface area contributed by atoms with Gasteiger partial charge in [-0.15, -0.1) is 0 Å². The standard InChI is InChI=1S/C15H21N3O4/c1-10(6-7-19)9-16-15(20)11-2-5-13(17-12-3-4-12)14(8-11)18(21)22/h2,5,8,10,12,17,19H,3-4,6-7,9H2,1H3,(H,16,20). The first-order chi connectivity index (χ1) is 10.5. The van der Waals surface area contributed by atoms with Crippen molar-refractivity contribution in [2.45, 2.75) is 32.2 Å². The van der Waals surface area contributed by atoms with E-state index < -0.39 is 4.92 Å². The monoisotopic (exact) mass is 307 g/mol. The molecule has 0 heterocycles. The van der Waals surface area contributed by atoms with Crippen LogP contribution in [0.2, 0.25) is 0 Å². The van der Waals surface area contributed by atoms with Crippen molar-refractivity contribution in [3.8, 4) is 0 Å². The summed E-state index contributed by atoms with van der Waals surface area (Å²) < 4.78 is 0. The number of benzene rings is 1. The molecule has 22 heavy (non-hydrogen) atoms. The summed E-state index contributed by atoms with van der Waals surface area (Å²) in [7, 11) is 0. The van der Waals surface area contributed by atoms with Crippen LogP contribution < -0.4 is 10.6 Å². The molecular formula is C15H21N3O4. The van der Waals surface area contributed by atoms with Crippen molar-refractivity contribution in [3.05, 3.63) is 33.9 Å². The maximum absolute atomic E-state index is 12.1. The fourth-order valence-electron chi connectivity index (χ4n) is 2.09. The number of hydrogen-bond acceptors (Lipinski definition) is 5. The van der Waals surface area contributed by atoms with Crippen molar-refractivity contribution < 1.29 is 14.8 Å². The highest BCUT2D eigenvalue weighted by atomic mass is 16.6. The Kier molecular flexibility index (Phi) is 5.32. The van der Waals surface area contributed by atoms with Crippen molar-refractivity contribution in [1.29, 1.82) is 0 Å². The lowest BCUT2D eigenvalue weighted by Crippen LogP contribution is -2.28. The second-order valence-corrected chi connectivity index (χ2v) is 5.74. The minimum absolute atomic E-state index is 0.0735. The van der Waals surface area contributed by atoms with Gasteiger partial charge in [-0.1, -0.05) is 6.92 Å². The number of rotatable bonds is 8. The number of nitro benzene ring substituents is 1. The fraction of sp³-hybridized carbons (Fsp3) is 0.533. The molecule has 0 radical (unpaired) electrons. The first-order valence-corrected chi connectivity index (χ1v) is 7.45. The van der Waals surface area contributed by atoms with Gasteiger partial charge >= 0.3 is 0 Å². The molecule has 1 aromatic rings. The molecule has 1 unspecified atom stereocenters. The van der Waals surface area contributed by atoms with Crippen LogP contribution in [0.15, 0.2) is 18.2 Å². The van der Waals surface area contributed by atoms with E-state index in [-0.39, 0.29) is 29.7 Å². The lowest BCUT2D eigenvalue weighted by molar-refractivity contribution is -0.384. The number of nitrogens with zero attached hydrogens (tertiary/aromatic N) is 1. The molecule has 7 heteroatoms. The van der Waals surface area contributed by atoms with Gasteiger partial charge in [-0.25, -0.2) is 0 Å². The highest BCUT2D eigenvalue weighted by Crippen LogP contribution is 2.31. The fourth-order valence-corrected chi connectivity index (χ4v) is 2.09. The summed E-state index contributed by atoms with van der Waals surface area (Å²) in [4.78, 5) is 22.7. The Morgan fingerprint density at radius 3 is 2.82 bits per heavy atom. The molecule has 2 rings (SSSR count). The molecule has 1 fully saturated rings. The Labute approximate surface area is 128 Å². The number of nitrogens with one attached hydrogen (secondary N) is 2. The summed E-state index contributed by atoms with van der Waals surface area (Å²) in [5.74, 6) is -0.189. The van der Waals surface area contributed by atoms with E-state index in [1.54, 1.807) is 12.1 Å². The maximum Gasteiger partial charge on any atom is 0.293 e. The minimum atomic E-state index is -0.476. The molecule has 1 atom stereocenters. The summed E-state index contributed by atoms with van der Waals surface area (Å²) >= 11 is 0. The van der Waals surface area contributed by atoms with Gasteiger partial charge in [0.15, 0.2) is 0 Å². The maximum atomic E-state index is 12.1. The van der Waals surface area contributed by atoms with Crippen LogP contribution in [0.25, 0.3) is 0 Å². The Hall–Kier alpha value is -2.15.